The largest absolute Gasteiger partial charge is 0.466 e. The van der Waals surface area contributed by atoms with E-state index in [9.17, 15) is 18.8 Å². The highest BCUT2D eigenvalue weighted by molar-refractivity contribution is 5.89. The van der Waals surface area contributed by atoms with Crippen molar-refractivity contribution in [1.82, 2.24) is 15.1 Å². The van der Waals surface area contributed by atoms with Crippen molar-refractivity contribution in [3.8, 4) is 0 Å². The number of nitrogens with one attached hydrogen (secondary N) is 1. The summed E-state index contributed by atoms with van der Waals surface area (Å²) >= 11 is 0. The van der Waals surface area contributed by atoms with Gasteiger partial charge >= 0.3 is 5.97 Å². The Balaban J connectivity index is 1.31. The zero-order valence-electron chi connectivity index (χ0n) is 24.2. The topological polar surface area (TPSA) is 79.0 Å². The Hall–Kier alpha value is -2.48. The summed E-state index contributed by atoms with van der Waals surface area (Å²) in [7, 11) is 2.09. The molecule has 220 valence electrons. The molecule has 1 aromatic rings. The molecule has 1 N–H and O–H groups in total. The predicted molar refractivity (Wildman–Crippen MR) is 151 cm³/mol. The van der Waals surface area contributed by atoms with Crippen LogP contribution < -0.4 is 5.32 Å². The summed E-state index contributed by atoms with van der Waals surface area (Å²) in [6.45, 7) is 4.19. The van der Waals surface area contributed by atoms with E-state index in [1.807, 2.05) is 11.8 Å². The van der Waals surface area contributed by atoms with Gasteiger partial charge in [0.25, 0.3) is 0 Å². The average molecular weight is 556 g/mol. The molecule has 0 radical (unpaired) electrons. The Morgan fingerprint density at radius 2 is 1.75 bits per heavy atom. The summed E-state index contributed by atoms with van der Waals surface area (Å²) in [4.78, 5) is 45.0. The van der Waals surface area contributed by atoms with Crippen LogP contribution in [0.1, 0.15) is 76.7 Å². The molecule has 2 aliphatic carbocycles. The third-order valence-corrected chi connectivity index (χ3v) is 10.4. The van der Waals surface area contributed by atoms with Crippen molar-refractivity contribution >= 4 is 17.8 Å². The minimum Gasteiger partial charge on any atom is -0.466 e. The number of rotatable bonds is 8. The van der Waals surface area contributed by atoms with Crippen LogP contribution in [-0.2, 0) is 25.5 Å². The number of benzene rings is 1. The van der Waals surface area contributed by atoms with E-state index in [1.54, 1.807) is 12.1 Å². The first-order chi connectivity index (χ1) is 19.3. The molecule has 1 aromatic carbocycles. The Bertz CT molecular complexity index is 1050. The van der Waals surface area contributed by atoms with Crippen molar-refractivity contribution in [2.45, 2.75) is 89.6 Å². The van der Waals surface area contributed by atoms with Crippen LogP contribution >= 0.6 is 0 Å². The van der Waals surface area contributed by atoms with E-state index in [1.165, 1.54) is 18.6 Å². The maximum absolute atomic E-state index is 14.0. The SMILES string of the molecule is CCOC(=O)C1(C2CCCCC2)CCN(C(=O)[C@@H](Cc2ccc(F)cc2)NC(=O)[C@H]2C[C@H]3CC[C@@H]2N(C)C3)CC1. The van der Waals surface area contributed by atoms with E-state index < -0.39 is 11.5 Å². The molecule has 2 bridgehead atoms. The zero-order chi connectivity index (χ0) is 28.3. The second-order valence-corrected chi connectivity index (χ2v) is 12.7. The van der Waals surface area contributed by atoms with Gasteiger partial charge in [-0.2, -0.15) is 0 Å². The van der Waals surface area contributed by atoms with Gasteiger partial charge in [0.2, 0.25) is 11.8 Å². The Labute approximate surface area is 238 Å². The molecule has 0 aromatic heterocycles. The number of likely N-dealkylation sites (tertiary alicyclic amines) is 1. The Morgan fingerprint density at radius 1 is 1.05 bits per heavy atom. The van der Waals surface area contributed by atoms with Gasteiger partial charge in [-0.3, -0.25) is 14.4 Å². The molecule has 3 saturated heterocycles. The molecular formula is C32H46FN3O4. The molecule has 2 amide bonds. The number of ether oxygens (including phenoxy) is 1. The predicted octanol–water partition coefficient (Wildman–Crippen LogP) is 4.34. The zero-order valence-corrected chi connectivity index (χ0v) is 24.2. The molecule has 5 aliphatic rings. The molecule has 3 aliphatic heterocycles. The number of nitrogens with zero attached hydrogens (tertiary/aromatic N) is 2. The van der Waals surface area contributed by atoms with Gasteiger partial charge < -0.3 is 19.9 Å². The first kappa shape index (κ1) is 29.0. The number of hydrogen-bond donors (Lipinski definition) is 1. The molecule has 6 rings (SSSR count). The van der Waals surface area contributed by atoms with Gasteiger partial charge in [0.1, 0.15) is 11.9 Å². The third-order valence-electron chi connectivity index (χ3n) is 10.4. The quantitative estimate of drug-likeness (QED) is 0.483. The minimum absolute atomic E-state index is 0.0539. The number of carbonyl (C=O) groups excluding carboxylic acids is 3. The number of halogens is 1. The highest BCUT2D eigenvalue weighted by Crippen LogP contribution is 2.47. The Kier molecular flexibility index (Phi) is 9.13. The van der Waals surface area contributed by atoms with Gasteiger partial charge in [-0.1, -0.05) is 31.4 Å². The number of hydrogen-bond acceptors (Lipinski definition) is 5. The third kappa shape index (κ3) is 6.07. The average Bonchev–Trinajstić information content (AvgIpc) is 2.98. The minimum atomic E-state index is -0.728. The van der Waals surface area contributed by atoms with E-state index in [2.05, 4.69) is 17.3 Å². The summed E-state index contributed by atoms with van der Waals surface area (Å²) in [5, 5.41) is 3.14. The van der Waals surface area contributed by atoms with Crippen molar-refractivity contribution in [2.24, 2.45) is 23.2 Å². The van der Waals surface area contributed by atoms with E-state index in [0.29, 0.717) is 50.8 Å². The molecule has 3 heterocycles. The second kappa shape index (κ2) is 12.6. The highest BCUT2D eigenvalue weighted by Gasteiger charge is 2.50. The lowest BCUT2D eigenvalue weighted by Gasteiger charge is -2.48. The van der Waals surface area contributed by atoms with Crippen LogP contribution in [0.2, 0.25) is 0 Å². The normalized spacial score (nSPS) is 27.7. The van der Waals surface area contributed by atoms with Gasteiger partial charge in [-0.05, 0) is 88.4 Å². The number of fused-ring (bicyclic) bond motifs is 3. The van der Waals surface area contributed by atoms with Crippen LogP contribution in [0.25, 0.3) is 0 Å². The maximum atomic E-state index is 14.0. The molecule has 8 heteroatoms. The lowest BCUT2D eigenvalue weighted by Crippen LogP contribution is -2.59. The fourth-order valence-corrected chi connectivity index (χ4v) is 8.15. The summed E-state index contributed by atoms with van der Waals surface area (Å²) < 4.78 is 19.2. The summed E-state index contributed by atoms with van der Waals surface area (Å²) in [6, 6.07) is 5.64. The molecule has 0 spiro atoms. The molecule has 0 unspecified atom stereocenters. The first-order valence-electron chi connectivity index (χ1n) is 15.5. The lowest BCUT2D eigenvalue weighted by molar-refractivity contribution is -0.166. The van der Waals surface area contributed by atoms with Gasteiger partial charge in [0.05, 0.1) is 17.9 Å². The van der Waals surface area contributed by atoms with Crippen LogP contribution in [0.15, 0.2) is 24.3 Å². The summed E-state index contributed by atoms with van der Waals surface area (Å²) in [5.41, 5.74) is 0.275. The smallest absolute Gasteiger partial charge is 0.312 e. The number of piperidine rings is 3. The fourth-order valence-electron chi connectivity index (χ4n) is 8.15. The molecule has 5 fully saturated rings. The van der Waals surface area contributed by atoms with Crippen LogP contribution in [0.3, 0.4) is 0 Å². The lowest BCUT2D eigenvalue weighted by atomic mass is 9.63. The van der Waals surface area contributed by atoms with Crippen molar-refractivity contribution < 1.29 is 23.5 Å². The van der Waals surface area contributed by atoms with Gasteiger partial charge in [-0.15, -0.1) is 0 Å². The van der Waals surface area contributed by atoms with Gasteiger partial charge in [0, 0.05) is 32.1 Å². The van der Waals surface area contributed by atoms with Crippen LogP contribution in [0, 0.1) is 29.0 Å². The second-order valence-electron chi connectivity index (χ2n) is 12.7. The number of amides is 2. The highest BCUT2D eigenvalue weighted by atomic mass is 19.1. The summed E-state index contributed by atoms with van der Waals surface area (Å²) in [5.74, 6) is 0.0912. The molecule has 7 nitrogen and oxygen atoms in total. The Morgan fingerprint density at radius 3 is 2.38 bits per heavy atom. The van der Waals surface area contributed by atoms with Gasteiger partial charge in [0.15, 0.2) is 0 Å². The van der Waals surface area contributed by atoms with E-state index in [-0.39, 0.29) is 35.6 Å². The number of carbonyl (C=O) groups is 3. The van der Waals surface area contributed by atoms with Crippen molar-refractivity contribution in [3.63, 3.8) is 0 Å². The standard InChI is InChI=1S/C32H46FN3O4/c1-3-40-31(39)32(24-7-5-4-6-8-24)15-17-36(18-16-32)30(38)27(20-22-9-12-25(33)13-10-22)34-29(37)26-19-23-11-14-28(26)35(2)21-23/h9-10,12-13,23-24,26-28H,3-8,11,14-21H2,1-2H3,(H,34,37)/t23-,26+,27-,28+/m1/s1. The van der Waals surface area contributed by atoms with Gasteiger partial charge in [-0.25, -0.2) is 4.39 Å². The van der Waals surface area contributed by atoms with Crippen LogP contribution in [0.5, 0.6) is 0 Å². The summed E-state index contributed by atoms with van der Waals surface area (Å²) in [6.07, 6.45) is 10.1. The monoisotopic (exact) mass is 555 g/mol. The fraction of sp³-hybridized carbons (Fsp3) is 0.719. The van der Waals surface area contributed by atoms with Crippen molar-refractivity contribution in [1.29, 1.82) is 0 Å². The first-order valence-corrected chi connectivity index (χ1v) is 15.5. The van der Waals surface area contributed by atoms with E-state index in [0.717, 1.165) is 57.1 Å². The molecular weight excluding hydrogens is 509 g/mol. The molecule has 40 heavy (non-hydrogen) atoms. The van der Waals surface area contributed by atoms with Crippen LogP contribution in [0.4, 0.5) is 4.39 Å². The van der Waals surface area contributed by atoms with Crippen LogP contribution in [-0.4, -0.2) is 73.0 Å². The van der Waals surface area contributed by atoms with E-state index >= 15 is 0 Å². The maximum Gasteiger partial charge on any atom is 0.312 e. The van der Waals surface area contributed by atoms with Crippen molar-refractivity contribution in [2.75, 3.05) is 33.3 Å². The number of esters is 1. The van der Waals surface area contributed by atoms with E-state index in [4.69, 9.17) is 4.74 Å². The van der Waals surface area contributed by atoms with Crippen molar-refractivity contribution in [3.05, 3.63) is 35.6 Å². The molecule has 4 atom stereocenters. The molecule has 2 saturated carbocycles.